The van der Waals surface area contributed by atoms with Gasteiger partial charge >= 0.3 is 0 Å². The van der Waals surface area contributed by atoms with Crippen LogP contribution in [0.3, 0.4) is 0 Å². The van der Waals surface area contributed by atoms with Crippen LogP contribution in [0.2, 0.25) is 0 Å². The van der Waals surface area contributed by atoms with E-state index in [9.17, 15) is 0 Å². The Morgan fingerprint density at radius 3 is 2.85 bits per heavy atom. The van der Waals surface area contributed by atoms with Gasteiger partial charge in [-0.1, -0.05) is 17.3 Å². The number of aromatic nitrogens is 4. The number of benzene rings is 1. The molecule has 0 saturated heterocycles. The summed E-state index contributed by atoms with van der Waals surface area (Å²) >= 11 is 0. The van der Waals surface area contributed by atoms with Crippen molar-refractivity contribution in [3.8, 4) is 11.4 Å². The SMILES string of the molecule is Cc1c(N)cccc1-c1noc(Cn2nccc2C)n1. The molecule has 0 saturated carbocycles. The fourth-order valence-electron chi connectivity index (χ4n) is 2.02. The largest absolute Gasteiger partial charge is 0.398 e. The maximum Gasteiger partial charge on any atom is 0.248 e. The molecule has 6 heteroatoms. The second-order valence-electron chi connectivity index (χ2n) is 4.66. The zero-order chi connectivity index (χ0) is 14.1. The third-order valence-corrected chi connectivity index (χ3v) is 3.30. The zero-order valence-corrected chi connectivity index (χ0v) is 11.4. The van der Waals surface area contributed by atoms with Gasteiger partial charge in [-0.2, -0.15) is 10.1 Å². The molecule has 0 amide bonds. The summed E-state index contributed by atoms with van der Waals surface area (Å²) in [6.07, 6.45) is 1.74. The molecule has 0 bridgehead atoms. The normalized spacial score (nSPS) is 10.9. The van der Waals surface area contributed by atoms with Crippen LogP contribution >= 0.6 is 0 Å². The molecule has 20 heavy (non-hydrogen) atoms. The molecular weight excluding hydrogens is 254 g/mol. The van der Waals surface area contributed by atoms with Crippen molar-refractivity contribution in [2.24, 2.45) is 0 Å². The molecule has 3 aromatic rings. The van der Waals surface area contributed by atoms with Crippen LogP contribution in [0.25, 0.3) is 11.4 Å². The Morgan fingerprint density at radius 2 is 2.10 bits per heavy atom. The van der Waals surface area contributed by atoms with E-state index in [1.165, 1.54) is 0 Å². The first kappa shape index (κ1) is 12.4. The standard InChI is InChI=1S/C14H15N5O/c1-9-6-7-16-19(9)8-13-17-14(18-20-13)11-4-3-5-12(15)10(11)2/h3-7H,8,15H2,1-2H3. The maximum absolute atomic E-state index is 5.89. The second-order valence-corrected chi connectivity index (χ2v) is 4.66. The fraction of sp³-hybridized carbons (Fsp3) is 0.214. The van der Waals surface area contributed by atoms with Gasteiger partial charge in [-0.05, 0) is 31.5 Å². The Balaban J connectivity index is 1.91. The highest BCUT2D eigenvalue weighted by atomic mass is 16.5. The molecule has 0 aliphatic rings. The van der Waals surface area contributed by atoms with Gasteiger partial charge in [0.2, 0.25) is 11.7 Å². The van der Waals surface area contributed by atoms with Crippen molar-refractivity contribution < 1.29 is 4.52 Å². The lowest BCUT2D eigenvalue weighted by Gasteiger charge is -2.03. The highest BCUT2D eigenvalue weighted by Crippen LogP contribution is 2.24. The number of anilines is 1. The van der Waals surface area contributed by atoms with Crippen molar-refractivity contribution in [2.45, 2.75) is 20.4 Å². The summed E-state index contributed by atoms with van der Waals surface area (Å²) in [4.78, 5) is 4.40. The van der Waals surface area contributed by atoms with Crippen LogP contribution < -0.4 is 5.73 Å². The molecule has 0 unspecified atom stereocenters. The van der Waals surface area contributed by atoms with Gasteiger partial charge in [0.1, 0.15) is 6.54 Å². The van der Waals surface area contributed by atoms with Gasteiger partial charge < -0.3 is 10.3 Å². The number of rotatable bonds is 3. The number of nitrogens with zero attached hydrogens (tertiary/aromatic N) is 4. The summed E-state index contributed by atoms with van der Waals surface area (Å²) < 4.78 is 7.09. The van der Waals surface area contributed by atoms with Gasteiger partial charge in [0.25, 0.3) is 0 Å². The molecule has 2 N–H and O–H groups in total. The molecule has 2 aromatic heterocycles. The van der Waals surface area contributed by atoms with E-state index < -0.39 is 0 Å². The lowest BCUT2D eigenvalue weighted by molar-refractivity contribution is 0.365. The predicted octanol–water partition coefficient (Wildman–Crippen LogP) is 2.18. The van der Waals surface area contributed by atoms with Gasteiger partial charge in [0, 0.05) is 23.1 Å². The lowest BCUT2D eigenvalue weighted by atomic mass is 10.1. The predicted molar refractivity (Wildman–Crippen MR) is 74.9 cm³/mol. The van der Waals surface area contributed by atoms with E-state index in [0.717, 1.165) is 22.5 Å². The molecule has 3 rings (SSSR count). The third-order valence-electron chi connectivity index (χ3n) is 3.30. The molecule has 0 fully saturated rings. The minimum Gasteiger partial charge on any atom is -0.398 e. The monoisotopic (exact) mass is 269 g/mol. The highest BCUT2D eigenvalue weighted by Gasteiger charge is 2.13. The number of nitrogens with two attached hydrogens (primary N) is 1. The van der Waals surface area contributed by atoms with E-state index in [-0.39, 0.29) is 0 Å². The maximum atomic E-state index is 5.89. The van der Waals surface area contributed by atoms with Crippen LogP contribution in [0.5, 0.6) is 0 Å². The van der Waals surface area contributed by atoms with E-state index in [4.69, 9.17) is 10.3 Å². The van der Waals surface area contributed by atoms with Crippen molar-refractivity contribution in [2.75, 3.05) is 5.73 Å². The van der Waals surface area contributed by atoms with Crippen molar-refractivity contribution in [3.05, 3.63) is 47.6 Å². The molecule has 0 aliphatic heterocycles. The highest BCUT2D eigenvalue weighted by molar-refractivity contribution is 5.67. The van der Waals surface area contributed by atoms with Gasteiger partial charge in [-0.15, -0.1) is 0 Å². The smallest absolute Gasteiger partial charge is 0.248 e. The topological polar surface area (TPSA) is 82.8 Å². The fourth-order valence-corrected chi connectivity index (χ4v) is 2.02. The Labute approximate surface area is 116 Å². The van der Waals surface area contributed by atoms with E-state index in [0.29, 0.717) is 18.3 Å². The summed E-state index contributed by atoms with van der Waals surface area (Å²) in [5, 5.41) is 8.21. The minimum absolute atomic E-state index is 0.465. The molecule has 0 radical (unpaired) electrons. The van der Waals surface area contributed by atoms with Crippen molar-refractivity contribution in [1.29, 1.82) is 0 Å². The number of nitrogen functional groups attached to an aromatic ring is 1. The van der Waals surface area contributed by atoms with Crippen molar-refractivity contribution in [3.63, 3.8) is 0 Å². The first-order valence-electron chi connectivity index (χ1n) is 6.31. The summed E-state index contributed by atoms with van der Waals surface area (Å²) in [7, 11) is 0. The quantitative estimate of drug-likeness (QED) is 0.737. The molecule has 0 aliphatic carbocycles. The summed E-state index contributed by atoms with van der Waals surface area (Å²) in [5.74, 6) is 1.07. The first-order chi connectivity index (χ1) is 9.65. The average molecular weight is 269 g/mol. The van der Waals surface area contributed by atoms with E-state index >= 15 is 0 Å². The van der Waals surface area contributed by atoms with Gasteiger partial charge in [0.15, 0.2) is 0 Å². The van der Waals surface area contributed by atoms with Gasteiger partial charge in [0.05, 0.1) is 0 Å². The van der Waals surface area contributed by atoms with Crippen molar-refractivity contribution >= 4 is 5.69 Å². The number of aryl methyl sites for hydroxylation is 1. The second kappa shape index (κ2) is 4.80. The Morgan fingerprint density at radius 1 is 1.25 bits per heavy atom. The Bertz CT molecular complexity index is 744. The zero-order valence-electron chi connectivity index (χ0n) is 11.4. The molecular formula is C14H15N5O. The van der Waals surface area contributed by atoms with Crippen LogP contribution in [-0.2, 0) is 6.54 Å². The Hall–Kier alpha value is -2.63. The molecule has 6 nitrogen and oxygen atoms in total. The average Bonchev–Trinajstić information content (AvgIpc) is 3.04. The first-order valence-corrected chi connectivity index (χ1v) is 6.31. The van der Waals surface area contributed by atoms with Crippen LogP contribution in [0.15, 0.2) is 35.0 Å². The summed E-state index contributed by atoms with van der Waals surface area (Å²) in [5.41, 5.74) is 9.50. The summed E-state index contributed by atoms with van der Waals surface area (Å²) in [6, 6.07) is 7.59. The van der Waals surface area contributed by atoms with Gasteiger partial charge in [-0.25, -0.2) is 0 Å². The van der Waals surface area contributed by atoms with Crippen LogP contribution in [0, 0.1) is 13.8 Å². The molecule has 0 spiro atoms. The van der Waals surface area contributed by atoms with Crippen molar-refractivity contribution in [1.82, 2.24) is 19.9 Å². The molecule has 0 atom stereocenters. The Kier molecular flexibility index (Phi) is 2.98. The van der Waals surface area contributed by atoms with Gasteiger partial charge in [-0.3, -0.25) is 4.68 Å². The van der Waals surface area contributed by atoms with Crippen LogP contribution in [0.1, 0.15) is 17.1 Å². The van der Waals surface area contributed by atoms with Crippen LogP contribution in [-0.4, -0.2) is 19.9 Å². The lowest BCUT2D eigenvalue weighted by Crippen LogP contribution is -2.03. The summed E-state index contributed by atoms with van der Waals surface area (Å²) in [6.45, 7) is 4.39. The van der Waals surface area contributed by atoms with E-state index in [1.54, 1.807) is 6.20 Å². The van der Waals surface area contributed by atoms with E-state index in [1.807, 2.05) is 42.8 Å². The molecule has 2 heterocycles. The van der Waals surface area contributed by atoms with E-state index in [2.05, 4.69) is 15.2 Å². The third kappa shape index (κ3) is 2.16. The minimum atomic E-state index is 0.465. The number of hydrogen-bond acceptors (Lipinski definition) is 5. The molecule has 1 aromatic carbocycles. The number of hydrogen-bond donors (Lipinski definition) is 1. The molecule has 102 valence electrons. The van der Waals surface area contributed by atoms with Crippen LogP contribution in [0.4, 0.5) is 5.69 Å².